The topological polar surface area (TPSA) is 0 Å². The van der Waals surface area contributed by atoms with Gasteiger partial charge in [0.05, 0.1) is 2.88 Å². The molecule has 0 amide bonds. The molecule has 11 heavy (non-hydrogen) atoms. The molecule has 0 spiro atoms. The van der Waals surface area contributed by atoms with Crippen molar-refractivity contribution in [3.05, 3.63) is 18.3 Å². The van der Waals surface area contributed by atoms with E-state index in [1.165, 1.54) is 0 Å². The number of halogens is 5. The lowest BCUT2D eigenvalue weighted by Gasteiger charge is -1.99. The van der Waals surface area contributed by atoms with Crippen molar-refractivity contribution < 1.29 is 13.2 Å². The van der Waals surface area contributed by atoms with Crippen LogP contribution in [0.5, 0.6) is 0 Å². The molecule has 1 aromatic heterocycles. The van der Waals surface area contributed by atoms with Crippen LogP contribution in [0.25, 0.3) is 0 Å². The predicted molar refractivity (Wildman–Crippen MR) is 49.7 cm³/mol. The van der Waals surface area contributed by atoms with Crippen LogP contribution in [0.15, 0.2) is 10.5 Å². The Morgan fingerprint density at radius 1 is 1.45 bits per heavy atom. The van der Waals surface area contributed by atoms with Gasteiger partial charge in [-0.25, -0.2) is 0 Å². The minimum atomic E-state index is -4.21. The van der Waals surface area contributed by atoms with Gasteiger partial charge < -0.3 is 0 Å². The third kappa shape index (κ3) is 2.32. The second-order valence-corrected chi connectivity index (χ2v) is 5.45. The molecule has 0 aliphatic heterocycles. The Balaban J connectivity index is 3.08. The third-order valence-corrected chi connectivity index (χ3v) is 4.76. The van der Waals surface area contributed by atoms with Crippen LogP contribution in [0.1, 0.15) is 4.88 Å². The van der Waals surface area contributed by atoms with Crippen molar-refractivity contribution in [2.45, 2.75) is 6.18 Å². The Labute approximate surface area is 87.1 Å². The number of hydrogen-bond donors (Lipinski definition) is 0. The summed E-state index contributed by atoms with van der Waals surface area (Å²) in [4.78, 5) is -0.561. The van der Waals surface area contributed by atoms with E-state index in [1.807, 2.05) is 22.6 Å². The van der Waals surface area contributed by atoms with Crippen molar-refractivity contribution in [1.82, 2.24) is 0 Å². The van der Waals surface area contributed by atoms with Gasteiger partial charge in [-0.1, -0.05) is 0 Å². The van der Waals surface area contributed by atoms with Crippen LogP contribution in [0.2, 0.25) is 0 Å². The highest BCUT2D eigenvalue weighted by molar-refractivity contribution is 14.1. The van der Waals surface area contributed by atoms with Crippen molar-refractivity contribution in [3.63, 3.8) is 0 Å². The zero-order valence-corrected chi connectivity index (χ0v) is 9.44. The van der Waals surface area contributed by atoms with Gasteiger partial charge in [0.1, 0.15) is 4.88 Å². The van der Waals surface area contributed by atoms with Crippen LogP contribution in [-0.2, 0) is 6.18 Å². The maximum Gasteiger partial charge on any atom is 0.425 e. The zero-order chi connectivity index (χ0) is 8.65. The van der Waals surface area contributed by atoms with Crippen LogP contribution in [-0.4, -0.2) is 0 Å². The average Bonchev–Trinajstić information content (AvgIpc) is 2.11. The van der Waals surface area contributed by atoms with Crippen molar-refractivity contribution >= 4 is 49.9 Å². The van der Waals surface area contributed by atoms with E-state index in [9.17, 15) is 13.2 Å². The Kier molecular flexibility index (Phi) is 2.86. The summed E-state index contributed by atoms with van der Waals surface area (Å²) in [6, 6.07) is 1.09. The second kappa shape index (κ2) is 3.21. The van der Waals surface area contributed by atoms with Gasteiger partial charge in [0, 0.05) is 4.47 Å². The highest BCUT2D eigenvalue weighted by Gasteiger charge is 2.33. The molecule has 0 fully saturated rings. The summed E-state index contributed by atoms with van der Waals surface area (Å²) in [7, 11) is 0. The molecule has 1 rings (SSSR count). The lowest BCUT2D eigenvalue weighted by molar-refractivity contribution is -0.134. The van der Waals surface area contributed by atoms with Gasteiger partial charge in [-0.05, 0) is 44.6 Å². The minimum Gasteiger partial charge on any atom is -0.165 e. The molecular formula is C5HBrF3IS. The van der Waals surface area contributed by atoms with E-state index in [2.05, 4.69) is 15.9 Å². The van der Waals surface area contributed by atoms with E-state index < -0.39 is 11.1 Å². The van der Waals surface area contributed by atoms with Crippen LogP contribution < -0.4 is 0 Å². The normalized spacial score (nSPS) is 12.1. The fourth-order valence-corrected chi connectivity index (χ4v) is 2.62. The summed E-state index contributed by atoms with van der Waals surface area (Å²) in [5.41, 5.74) is 0. The van der Waals surface area contributed by atoms with Crippen molar-refractivity contribution in [1.29, 1.82) is 0 Å². The summed E-state index contributed by atoms with van der Waals surface area (Å²) >= 11 is 5.60. The van der Waals surface area contributed by atoms with Gasteiger partial charge >= 0.3 is 6.18 Å². The molecule has 6 heteroatoms. The Bertz CT molecular complexity index is 248. The summed E-state index contributed by atoms with van der Waals surface area (Å²) in [6.07, 6.45) is -4.21. The van der Waals surface area contributed by atoms with E-state index in [4.69, 9.17) is 0 Å². The monoisotopic (exact) mass is 356 g/mol. The molecule has 0 nitrogen and oxygen atoms in total. The first-order valence-electron chi connectivity index (χ1n) is 2.43. The van der Waals surface area contributed by atoms with Crippen molar-refractivity contribution in [3.8, 4) is 0 Å². The lowest BCUT2D eigenvalue weighted by Crippen LogP contribution is -2.00. The maximum atomic E-state index is 12.0. The molecule has 1 aromatic rings. The Morgan fingerprint density at radius 2 is 2.00 bits per heavy atom. The number of rotatable bonds is 0. The number of hydrogen-bond acceptors (Lipinski definition) is 1. The molecule has 0 radical (unpaired) electrons. The second-order valence-electron chi connectivity index (χ2n) is 1.73. The van der Waals surface area contributed by atoms with Crippen molar-refractivity contribution in [2.24, 2.45) is 0 Å². The summed E-state index contributed by atoms with van der Waals surface area (Å²) in [6.45, 7) is 0. The van der Waals surface area contributed by atoms with E-state index in [0.717, 1.165) is 17.4 Å². The summed E-state index contributed by atoms with van der Waals surface area (Å²) in [5, 5.41) is 0. The molecule has 0 aliphatic rings. The van der Waals surface area contributed by atoms with Crippen LogP contribution in [0, 0.1) is 2.88 Å². The standard InChI is InChI=1S/C5HBrF3IS/c6-2-1-3(5(7,8)9)11-4(2)10/h1H. The van der Waals surface area contributed by atoms with E-state index in [1.54, 1.807) is 0 Å². The van der Waals surface area contributed by atoms with Gasteiger partial charge in [-0.2, -0.15) is 13.2 Å². The maximum absolute atomic E-state index is 12.0. The molecular weight excluding hydrogens is 356 g/mol. The molecule has 0 aliphatic carbocycles. The Hall–Kier alpha value is 0.700. The van der Waals surface area contributed by atoms with Crippen LogP contribution in [0.4, 0.5) is 13.2 Å². The van der Waals surface area contributed by atoms with Crippen LogP contribution in [0.3, 0.4) is 0 Å². The van der Waals surface area contributed by atoms with Gasteiger partial charge in [0.25, 0.3) is 0 Å². The average molecular weight is 357 g/mol. The van der Waals surface area contributed by atoms with E-state index >= 15 is 0 Å². The highest BCUT2D eigenvalue weighted by atomic mass is 127. The lowest BCUT2D eigenvalue weighted by atomic mass is 10.5. The molecule has 62 valence electrons. The largest absolute Gasteiger partial charge is 0.425 e. The molecule has 0 bridgehead atoms. The minimum absolute atomic E-state index is 0.510. The first-order chi connectivity index (χ1) is 4.91. The molecule has 0 aromatic carbocycles. The highest BCUT2D eigenvalue weighted by Crippen LogP contribution is 2.39. The Morgan fingerprint density at radius 3 is 2.18 bits per heavy atom. The fourth-order valence-electron chi connectivity index (χ4n) is 0.486. The molecule has 0 atom stereocenters. The molecule has 0 saturated heterocycles. The quantitative estimate of drug-likeness (QED) is 0.613. The molecule has 0 unspecified atom stereocenters. The van der Waals surface area contributed by atoms with E-state index in [-0.39, 0.29) is 0 Å². The first-order valence-corrected chi connectivity index (χ1v) is 5.12. The fraction of sp³-hybridized carbons (Fsp3) is 0.200. The zero-order valence-electron chi connectivity index (χ0n) is 4.88. The van der Waals surface area contributed by atoms with Gasteiger partial charge in [-0.15, -0.1) is 11.3 Å². The summed E-state index contributed by atoms with van der Waals surface area (Å²) in [5.74, 6) is 0. The first kappa shape index (κ1) is 9.79. The third-order valence-electron chi connectivity index (χ3n) is 0.925. The van der Waals surface area contributed by atoms with Gasteiger partial charge in [0.2, 0.25) is 0 Å². The van der Waals surface area contributed by atoms with Gasteiger partial charge in [0.15, 0.2) is 0 Å². The van der Waals surface area contributed by atoms with Crippen molar-refractivity contribution in [2.75, 3.05) is 0 Å². The SMILES string of the molecule is FC(F)(F)c1cc(Br)c(I)s1. The molecule has 1 heterocycles. The molecule has 0 saturated carbocycles. The smallest absolute Gasteiger partial charge is 0.165 e. The number of thiophene rings is 1. The number of alkyl halides is 3. The summed E-state index contributed by atoms with van der Waals surface area (Å²) < 4.78 is 37.0. The van der Waals surface area contributed by atoms with E-state index in [0.29, 0.717) is 7.36 Å². The molecule has 0 N–H and O–H groups in total. The van der Waals surface area contributed by atoms with Crippen LogP contribution >= 0.6 is 49.9 Å². The predicted octanol–water partition coefficient (Wildman–Crippen LogP) is 4.13. The van der Waals surface area contributed by atoms with Gasteiger partial charge in [-0.3, -0.25) is 0 Å².